The second-order valence-corrected chi connectivity index (χ2v) is 6.40. The Morgan fingerprint density at radius 2 is 2.24 bits per heavy atom. The minimum Gasteiger partial charge on any atom is -0.481 e. The molecule has 3 heterocycles. The number of nitrogens with one attached hydrogen (secondary N) is 1. The van der Waals surface area contributed by atoms with Crippen LogP contribution in [0.1, 0.15) is 29.6 Å². The molecule has 0 bridgehead atoms. The molecule has 0 spiro atoms. The first-order valence-electron chi connectivity index (χ1n) is 8.56. The molecule has 1 atom stereocenters. The van der Waals surface area contributed by atoms with E-state index in [9.17, 15) is 9.59 Å². The highest BCUT2D eigenvalue weighted by Gasteiger charge is 2.31. The number of amides is 2. The zero-order chi connectivity index (χ0) is 17.2. The second-order valence-electron chi connectivity index (χ2n) is 6.40. The number of aromatic nitrogens is 2. The van der Waals surface area contributed by atoms with Gasteiger partial charge in [-0.3, -0.25) is 14.3 Å². The molecule has 2 amide bonds. The van der Waals surface area contributed by atoms with Gasteiger partial charge in [-0.2, -0.15) is 5.10 Å². The van der Waals surface area contributed by atoms with Crippen LogP contribution < -0.4 is 10.1 Å². The van der Waals surface area contributed by atoms with Gasteiger partial charge in [0.05, 0.1) is 23.8 Å². The summed E-state index contributed by atoms with van der Waals surface area (Å²) in [5.41, 5.74) is 1.06. The van der Waals surface area contributed by atoms with Crippen molar-refractivity contribution in [1.82, 2.24) is 14.7 Å². The van der Waals surface area contributed by atoms with Crippen LogP contribution in [0.4, 0.5) is 5.69 Å². The summed E-state index contributed by atoms with van der Waals surface area (Å²) in [7, 11) is 0. The van der Waals surface area contributed by atoms with Crippen molar-refractivity contribution in [3.63, 3.8) is 0 Å². The highest BCUT2D eigenvalue weighted by molar-refractivity contribution is 6.03. The molecule has 4 rings (SSSR count). The van der Waals surface area contributed by atoms with Crippen LogP contribution in [0.2, 0.25) is 0 Å². The van der Waals surface area contributed by atoms with E-state index < -0.39 is 0 Å². The fourth-order valence-electron chi connectivity index (χ4n) is 3.52. The Hall–Kier alpha value is -2.83. The number of carbonyl (C=O) groups excluding carboxylic acids is 2. The first kappa shape index (κ1) is 15.7. The van der Waals surface area contributed by atoms with Crippen LogP contribution in [-0.2, 0) is 11.3 Å². The number of para-hydroxylation sites is 1. The van der Waals surface area contributed by atoms with Crippen LogP contribution in [0.15, 0.2) is 36.7 Å². The predicted octanol–water partition coefficient (Wildman–Crippen LogP) is 1.91. The molecule has 1 fully saturated rings. The van der Waals surface area contributed by atoms with Crippen molar-refractivity contribution in [3.8, 4) is 5.75 Å². The highest BCUT2D eigenvalue weighted by atomic mass is 16.5. The molecular formula is C18H20N4O3. The van der Waals surface area contributed by atoms with Crippen molar-refractivity contribution in [3.05, 3.63) is 42.2 Å². The monoisotopic (exact) mass is 340 g/mol. The summed E-state index contributed by atoms with van der Waals surface area (Å²) in [6.45, 7) is 1.35. The van der Waals surface area contributed by atoms with E-state index in [0.717, 1.165) is 25.8 Å². The third-order valence-electron chi connectivity index (χ3n) is 4.71. The maximum Gasteiger partial charge on any atom is 0.262 e. The number of hydrogen-bond acceptors (Lipinski definition) is 4. The maximum atomic E-state index is 13.2. The molecule has 130 valence electrons. The normalized spacial score (nSPS) is 19.8. The molecule has 1 aromatic carbocycles. The maximum absolute atomic E-state index is 13.2. The number of rotatable bonds is 3. The quantitative estimate of drug-likeness (QED) is 0.926. The molecule has 0 saturated carbocycles. The number of fused-ring (bicyclic) bond motifs is 1. The lowest BCUT2D eigenvalue weighted by Gasteiger charge is -2.36. The lowest BCUT2D eigenvalue weighted by atomic mass is 10.00. The fourth-order valence-corrected chi connectivity index (χ4v) is 3.52. The number of benzene rings is 1. The van der Waals surface area contributed by atoms with Gasteiger partial charge in [-0.15, -0.1) is 0 Å². The number of carbonyl (C=O) groups is 2. The smallest absolute Gasteiger partial charge is 0.262 e. The largest absolute Gasteiger partial charge is 0.481 e. The Balaban J connectivity index is 1.60. The molecule has 2 aliphatic rings. The molecule has 2 aromatic rings. The lowest BCUT2D eigenvalue weighted by molar-refractivity contribution is -0.118. The number of ether oxygens (including phenoxy) is 1. The van der Waals surface area contributed by atoms with Gasteiger partial charge in [0.25, 0.3) is 11.8 Å². The van der Waals surface area contributed by atoms with E-state index in [-0.39, 0.29) is 24.5 Å². The number of anilines is 1. The molecule has 0 aliphatic carbocycles. The number of piperidine rings is 1. The van der Waals surface area contributed by atoms with Gasteiger partial charge in [0.15, 0.2) is 12.4 Å². The topological polar surface area (TPSA) is 76.5 Å². The summed E-state index contributed by atoms with van der Waals surface area (Å²) in [5, 5.41) is 7.02. The molecule has 7 nitrogen and oxygen atoms in total. The molecule has 0 radical (unpaired) electrons. The second kappa shape index (κ2) is 6.58. The van der Waals surface area contributed by atoms with Crippen LogP contribution in [-0.4, -0.2) is 45.7 Å². The van der Waals surface area contributed by atoms with E-state index in [0.29, 0.717) is 23.5 Å². The lowest BCUT2D eigenvalue weighted by Crippen LogP contribution is -2.46. The third kappa shape index (κ3) is 3.09. The molecule has 1 saturated heterocycles. The van der Waals surface area contributed by atoms with Crippen molar-refractivity contribution in [1.29, 1.82) is 0 Å². The van der Waals surface area contributed by atoms with Crippen LogP contribution in [0, 0.1) is 0 Å². The molecule has 1 N–H and O–H groups in total. The summed E-state index contributed by atoms with van der Waals surface area (Å²) in [5.74, 6) is 0.215. The van der Waals surface area contributed by atoms with Gasteiger partial charge < -0.3 is 15.0 Å². The van der Waals surface area contributed by atoms with Crippen LogP contribution >= 0.6 is 0 Å². The first-order chi connectivity index (χ1) is 12.2. The van der Waals surface area contributed by atoms with Crippen molar-refractivity contribution >= 4 is 17.5 Å². The third-order valence-corrected chi connectivity index (χ3v) is 4.71. The molecule has 2 aliphatic heterocycles. The van der Waals surface area contributed by atoms with Gasteiger partial charge in [-0.05, 0) is 37.5 Å². The summed E-state index contributed by atoms with van der Waals surface area (Å²) < 4.78 is 7.41. The minimum atomic E-state index is -0.202. The first-order valence-corrected chi connectivity index (χ1v) is 8.56. The van der Waals surface area contributed by atoms with Crippen LogP contribution in [0.25, 0.3) is 0 Å². The van der Waals surface area contributed by atoms with Gasteiger partial charge in [-0.25, -0.2) is 0 Å². The van der Waals surface area contributed by atoms with Crippen LogP contribution in [0.5, 0.6) is 5.75 Å². The van der Waals surface area contributed by atoms with E-state index in [1.54, 1.807) is 24.4 Å². The fraction of sp³-hybridized carbons (Fsp3) is 0.389. The molecule has 25 heavy (non-hydrogen) atoms. The van der Waals surface area contributed by atoms with E-state index in [1.165, 1.54) is 0 Å². The zero-order valence-corrected chi connectivity index (χ0v) is 13.9. The van der Waals surface area contributed by atoms with E-state index in [2.05, 4.69) is 10.4 Å². The standard InChI is InChI=1S/C18H20N4O3/c23-16-12-25-17-14(6-3-7-15(17)20-16)18(24)22-10-2-1-5-13(22)11-21-9-4-8-19-21/h3-4,6-9,13H,1-2,5,10-12H2,(H,20,23)/t13-/m0/s1. The van der Waals surface area contributed by atoms with Gasteiger partial charge in [0, 0.05) is 18.9 Å². The molecule has 0 unspecified atom stereocenters. The van der Waals surface area contributed by atoms with Crippen molar-refractivity contribution in [2.24, 2.45) is 0 Å². The summed E-state index contributed by atoms with van der Waals surface area (Å²) >= 11 is 0. The van der Waals surface area contributed by atoms with Crippen LogP contribution in [0.3, 0.4) is 0 Å². The minimum absolute atomic E-state index is 0.0511. The Bertz CT molecular complexity index is 788. The average molecular weight is 340 g/mol. The Kier molecular flexibility index (Phi) is 4.13. The average Bonchev–Trinajstić information content (AvgIpc) is 3.14. The van der Waals surface area contributed by atoms with E-state index in [4.69, 9.17) is 4.74 Å². The SMILES string of the molecule is O=C1COc2c(cccc2C(=O)N2CCCC[C@H]2Cn2cccn2)N1. The van der Waals surface area contributed by atoms with E-state index >= 15 is 0 Å². The number of likely N-dealkylation sites (tertiary alicyclic amines) is 1. The van der Waals surface area contributed by atoms with Gasteiger partial charge in [0.2, 0.25) is 0 Å². The van der Waals surface area contributed by atoms with Crippen molar-refractivity contribution in [2.75, 3.05) is 18.5 Å². The van der Waals surface area contributed by atoms with E-state index in [1.807, 2.05) is 21.8 Å². The Morgan fingerprint density at radius 1 is 1.32 bits per heavy atom. The van der Waals surface area contributed by atoms with Gasteiger partial charge in [0.1, 0.15) is 0 Å². The predicted molar refractivity (Wildman–Crippen MR) is 91.5 cm³/mol. The van der Waals surface area contributed by atoms with Crippen molar-refractivity contribution < 1.29 is 14.3 Å². The number of nitrogens with zero attached hydrogens (tertiary/aromatic N) is 3. The molecule has 7 heteroatoms. The summed E-state index contributed by atoms with van der Waals surface area (Å²) in [4.78, 5) is 26.6. The van der Waals surface area contributed by atoms with Crippen molar-refractivity contribution in [2.45, 2.75) is 31.8 Å². The Morgan fingerprint density at radius 3 is 3.08 bits per heavy atom. The zero-order valence-electron chi connectivity index (χ0n) is 13.9. The Labute approximate surface area is 145 Å². The summed E-state index contributed by atoms with van der Waals surface area (Å²) in [6.07, 6.45) is 6.72. The molecular weight excluding hydrogens is 320 g/mol. The van der Waals surface area contributed by atoms with Gasteiger partial charge in [-0.1, -0.05) is 6.07 Å². The summed E-state index contributed by atoms with van der Waals surface area (Å²) in [6, 6.07) is 7.28. The van der Waals surface area contributed by atoms with Gasteiger partial charge >= 0.3 is 0 Å². The highest BCUT2D eigenvalue weighted by Crippen LogP contribution is 2.33. The molecule has 1 aromatic heterocycles. The number of hydrogen-bond donors (Lipinski definition) is 1.